The van der Waals surface area contributed by atoms with Crippen molar-refractivity contribution in [3.05, 3.63) is 36.2 Å². The van der Waals surface area contributed by atoms with Gasteiger partial charge in [0.15, 0.2) is 0 Å². The molecule has 100 valence electrons. The first-order valence-electron chi connectivity index (χ1n) is 6.05. The van der Waals surface area contributed by atoms with E-state index in [1.165, 1.54) is 6.26 Å². The molecule has 1 aromatic heterocycles. The molecule has 1 amide bonds. The zero-order valence-corrected chi connectivity index (χ0v) is 10.7. The molecule has 3 N–H and O–H groups in total. The smallest absolute Gasteiger partial charge is 0.324 e. The lowest BCUT2D eigenvalue weighted by Crippen LogP contribution is -2.37. The highest BCUT2D eigenvalue weighted by Gasteiger charge is 2.29. The van der Waals surface area contributed by atoms with E-state index in [1.54, 1.807) is 6.07 Å². The van der Waals surface area contributed by atoms with E-state index in [1.807, 2.05) is 25.1 Å². The van der Waals surface area contributed by atoms with Gasteiger partial charge in [-0.05, 0) is 31.9 Å². The van der Waals surface area contributed by atoms with Crippen LogP contribution in [-0.2, 0) is 4.79 Å². The van der Waals surface area contributed by atoms with Gasteiger partial charge in [-0.15, -0.1) is 0 Å². The Labute approximate surface area is 111 Å². The van der Waals surface area contributed by atoms with E-state index in [9.17, 15) is 4.79 Å². The number of carbonyl (C=O) groups is 1. The molecule has 0 aromatic carbocycles. The number of carbonyl (C=O) groups excluding carboxylic acids is 1. The molecule has 0 radical (unpaired) electrons. The number of rotatable bonds is 2. The predicted octanol–water partition coefficient (Wildman–Crippen LogP) is 1.58. The summed E-state index contributed by atoms with van der Waals surface area (Å²) in [7, 11) is 0. The summed E-state index contributed by atoms with van der Waals surface area (Å²) < 4.78 is 5.22. The van der Waals surface area contributed by atoms with Crippen LogP contribution in [0.5, 0.6) is 0 Å². The third-order valence-electron chi connectivity index (χ3n) is 2.50. The number of aromatic nitrogens is 1. The summed E-state index contributed by atoms with van der Waals surface area (Å²) in [6.07, 6.45) is 3.26. The topological polar surface area (TPSA) is 93.5 Å². The summed E-state index contributed by atoms with van der Waals surface area (Å²) in [5.74, 6) is -0.0405. The van der Waals surface area contributed by atoms with E-state index in [4.69, 9.17) is 10.2 Å². The normalized spacial score (nSPS) is 14.7. The van der Waals surface area contributed by atoms with Crippen molar-refractivity contribution < 1.29 is 9.21 Å². The van der Waals surface area contributed by atoms with Gasteiger partial charge in [-0.2, -0.15) is 4.99 Å². The van der Waals surface area contributed by atoms with Crippen molar-refractivity contribution in [2.75, 3.05) is 0 Å². The van der Waals surface area contributed by atoms with E-state index in [0.717, 1.165) is 18.5 Å². The number of amides is 1. The van der Waals surface area contributed by atoms with E-state index in [2.05, 4.69) is 15.3 Å². The van der Waals surface area contributed by atoms with Crippen LogP contribution in [0, 0.1) is 12.8 Å². The first-order valence-corrected chi connectivity index (χ1v) is 6.05. The van der Waals surface area contributed by atoms with Crippen molar-refractivity contribution in [1.29, 1.82) is 0 Å². The fourth-order valence-electron chi connectivity index (χ4n) is 1.38. The highest BCUT2D eigenvalue weighted by atomic mass is 16.3. The lowest BCUT2D eigenvalue weighted by molar-refractivity contribution is -0.120. The van der Waals surface area contributed by atoms with Crippen molar-refractivity contribution in [3.8, 4) is 0 Å². The van der Waals surface area contributed by atoms with Gasteiger partial charge in [0, 0.05) is 11.6 Å². The van der Waals surface area contributed by atoms with Gasteiger partial charge in [-0.1, -0.05) is 12.1 Å². The van der Waals surface area contributed by atoms with Crippen LogP contribution in [0.4, 0.5) is 6.01 Å². The Hall–Kier alpha value is -2.37. The van der Waals surface area contributed by atoms with Crippen molar-refractivity contribution >= 4 is 17.9 Å². The number of nitrogens with zero attached hydrogens (tertiary/aromatic N) is 2. The van der Waals surface area contributed by atoms with E-state index in [0.29, 0.717) is 0 Å². The molecule has 1 fully saturated rings. The molecule has 2 rings (SSSR count). The second-order valence-corrected chi connectivity index (χ2v) is 4.29. The van der Waals surface area contributed by atoms with Crippen LogP contribution in [-0.4, -0.2) is 16.9 Å². The average Bonchev–Trinajstić information content (AvgIpc) is 3.16. The molecular formula is C13H16N4O2. The van der Waals surface area contributed by atoms with Crippen LogP contribution in [0.1, 0.15) is 18.5 Å². The zero-order valence-electron chi connectivity index (χ0n) is 10.7. The van der Waals surface area contributed by atoms with Gasteiger partial charge in [0.1, 0.15) is 0 Å². The van der Waals surface area contributed by atoms with Gasteiger partial charge in [-0.3, -0.25) is 10.1 Å². The second-order valence-electron chi connectivity index (χ2n) is 4.29. The molecule has 1 heterocycles. The monoisotopic (exact) mass is 260 g/mol. The fourth-order valence-corrected chi connectivity index (χ4v) is 1.38. The summed E-state index contributed by atoms with van der Waals surface area (Å²) in [6, 6.07) is 7.25. The number of hydrogen-bond acceptors (Lipinski definition) is 4. The Morgan fingerprint density at radius 2 is 2.26 bits per heavy atom. The van der Waals surface area contributed by atoms with Crippen LogP contribution < -0.4 is 11.1 Å². The summed E-state index contributed by atoms with van der Waals surface area (Å²) in [5.41, 5.74) is 6.37. The number of hydrogen-bond donors (Lipinski definition) is 2. The van der Waals surface area contributed by atoms with E-state index >= 15 is 0 Å². The number of nitrogens with one attached hydrogen (secondary N) is 1. The minimum atomic E-state index is -0.102. The molecule has 0 saturated heterocycles. The molecular weight excluding hydrogens is 244 g/mol. The predicted molar refractivity (Wildman–Crippen MR) is 71.0 cm³/mol. The third-order valence-corrected chi connectivity index (χ3v) is 2.50. The Balaban J connectivity index is 2.18. The third kappa shape index (κ3) is 4.42. The highest BCUT2D eigenvalue weighted by molar-refractivity contribution is 5.98. The summed E-state index contributed by atoms with van der Waals surface area (Å²) in [6.45, 7) is 1.81. The Morgan fingerprint density at radius 3 is 3.00 bits per heavy atom. The van der Waals surface area contributed by atoms with Crippen LogP contribution >= 0.6 is 0 Å². The minimum Gasteiger partial charge on any atom is -0.432 e. The maximum atomic E-state index is 11.5. The van der Waals surface area contributed by atoms with Crippen molar-refractivity contribution in [2.24, 2.45) is 16.6 Å². The van der Waals surface area contributed by atoms with Crippen LogP contribution in [0.2, 0.25) is 0 Å². The Morgan fingerprint density at radius 1 is 1.47 bits per heavy atom. The van der Waals surface area contributed by atoms with Crippen LogP contribution in [0.15, 0.2) is 39.9 Å². The second kappa shape index (κ2) is 5.99. The summed E-state index contributed by atoms with van der Waals surface area (Å²) in [4.78, 5) is 19.6. The highest BCUT2D eigenvalue weighted by Crippen LogP contribution is 2.28. The maximum absolute atomic E-state index is 11.5. The first-order chi connectivity index (χ1) is 9.15. The Bertz CT molecular complexity index is 545. The molecule has 0 bridgehead atoms. The van der Waals surface area contributed by atoms with E-state index < -0.39 is 0 Å². The van der Waals surface area contributed by atoms with Crippen molar-refractivity contribution in [1.82, 2.24) is 10.3 Å². The quantitative estimate of drug-likeness (QED) is 0.623. The van der Waals surface area contributed by atoms with Gasteiger partial charge in [-0.25, -0.2) is 4.98 Å². The number of guanidine groups is 1. The van der Waals surface area contributed by atoms with Crippen molar-refractivity contribution in [2.45, 2.75) is 19.8 Å². The molecule has 6 heteroatoms. The SMILES string of the molecule is Cc1cccccoc(/N=C(\N)NC(=O)C2CC2)n1. The van der Waals surface area contributed by atoms with Gasteiger partial charge >= 0.3 is 6.01 Å². The molecule has 1 aliphatic carbocycles. The average molecular weight is 260 g/mol. The van der Waals surface area contributed by atoms with Gasteiger partial charge < -0.3 is 10.2 Å². The molecule has 0 spiro atoms. The van der Waals surface area contributed by atoms with Gasteiger partial charge in [0.25, 0.3) is 0 Å². The standard InChI is InChI=1S/C13H16N4O2/c1-9-5-3-2-4-8-19-13(15-9)17-12(14)16-11(18)10-6-7-10/h2-5,8,10H,6-7H2,1H3,(H3,14,15,16,17,18). The molecule has 1 aromatic rings. The molecule has 6 nitrogen and oxygen atoms in total. The number of aryl methyl sites for hydroxylation is 1. The molecule has 0 atom stereocenters. The van der Waals surface area contributed by atoms with Gasteiger partial charge in [0.2, 0.25) is 11.9 Å². The lowest BCUT2D eigenvalue weighted by atomic mass is 10.4. The van der Waals surface area contributed by atoms with Crippen molar-refractivity contribution in [3.63, 3.8) is 0 Å². The summed E-state index contributed by atoms with van der Waals surface area (Å²) >= 11 is 0. The zero-order chi connectivity index (χ0) is 13.7. The van der Waals surface area contributed by atoms with Crippen LogP contribution in [0.3, 0.4) is 0 Å². The largest absolute Gasteiger partial charge is 0.432 e. The molecule has 0 aliphatic heterocycles. The number of aliphatic imine (C=N–C) groups is 1. The molecule has 19 heavy (non-hydrogen) atoms. The minimum absolute atomic E-state index is 0.0101. The molecule has 1 saturated carbocycles. The summed E-state index contributed by atoms with van der Waals surface area (Å²) in [5, 5.41) is 2.52. The Kier molecular flexibility index (Phi) is 4.12. The fraction of sp³-hybridized carbons (Fsp3) is 0.308. The molecule has 1 aliphatic rings. The number of nitrogens with two attached hydrogens (primary N) is 1. The lowest BCUT2D eigenvalue weighted by Gasteiger charge is -2.01. The van der Waals surface area contributed by atoms with E-state index in [-0.39, 0.29) is 23.8 Å². The van der Waals surface area contributed by atoms with Gasteiger partial charge in [0.05, 0.1) is 6.26 Å². The van der Waals surface area contributed by atoms with Crippen LogP contribution in [0.25, 0.3) is 0 Å². The maximum Gasteiger partial charge on any atom is 0.324 e. The molecule has 0 unspecified atom stereocenters. The first kappa shape index (κ1) is 13.1.